The van der Waals surface area contributed by atoms with Crippen LogP contribution in [0.2, 0.25) is 0 Å². The van der Waals surface area contributed by atoms with Crippen LogP contribution in [0.5, 0.6) is 11.5 Å². The number of rotatable bonds is 8. The highest BCUT2D eigenvalue weighted by atomic mass is 16.5. The van der Waals surface area contributed by atoms with Crippen molar-refractivity contribution in [3.8, 4) is 11.5 Å². The molecular weight excluding hydrogens is 366 g/mol. The standard InChI is InChI=1S/C23H33N3O3/c1-4-29-22-15-20-18(14-21(22)28-3)23(17-6-5-7-19(17)25-20)24-16-8-10-26(11-9-16)12-13-27-2/h14-16H,4-13H2,1-3H3,(H,24,25). The van der Waals surface area contributed by atoms with Crippen LogP contribution in [0.1, 0.15) is 37.4 Å². The zero-order valence-electron chi connectivity index (χ0n) is 17.9. The van der Waals surface area contributed by atoms with E-state index < -0.39 is 0 Å². The number of fused-ring (bicyclic) bond motifs is 2. The Morgan fingerprint density at radius 2 is 1.97 bits per heavy atom. The number of aryl methyl sites for hydroxylation is 1. The van der Waals surface area contributed by atoms with Crippen molar-refractivity contribution < 1.29 is 14.2 Å². The highest BCUT2D eigenvalue weighted by Gasteiger charge is 2.25. The summed E-state index contributed by atoms with van der Waals surface area (Å²) in [6, 6.07) is 4.62. The molecule has 1 N–H and O–H groups in total. The second kappa shape index (κ2) is 9.18. The maximum absolute atomic E-state index is 5.79. The van der Waals surface area contributed by atoms with Gasteiger partial charge in [-0.15, -0.1) is 0 Å². The molecule has 1 aromatic heterocycles. The lowest BCUT2D eigenvalue weighted by Crippen LogP contribution is -2.40. The number of hydrogen-bond donors (Lipinski definition) is 1. The maximum atomic E-state index is 5.79. The Bertz CT molecular complexity index is 847. The minimum atomic E-state index is 0.488. The van der Waals surface area contributed by atoms with Crippen LogP contribution in [0.4, 0.5) is 5.69 Å². The zero-order chi connectivity index (χ0) is 20.2. The van der Waals surface area contributed by atoms with Gasteiger partial charge in [0, 0.05) is 55.6 Å². The lowest BCUT2D eigenvalue weighted by Gasteiger charge is -2.33. The van der Waals surface area contributed by atoms with Crippen LogP contribution in [0.3, 0.4) is 0 Å². The van der Waals surface area contributed by atoms with Crippen molar-refractivity contribution in [1.29, 1.82) is 0 Å². The van der Waals surface area contributed by atoms with Crippen molar-refractivity contribution >= 4 is 16.6 Å². The summed E-state index contributed by atoms with van der Waals surface area (Å²) in [7, 11) is 3.47. The second-order valence-corrected chi connectivity index (χ2v) is 7.97. The van der Waals surface area contributed by atoms with Crippen LogP contribution in [0, 0.1) is 0 Å². The van der Waals surface area contributed by atoms with E-state index in [9.17, 15) is 0 Å². The van der Waals surface area contributed by atoms with E-state index in [4.69, 9.17) is 19.2 Å². The number of likely N-dealkylation sites (tertiary alicyclic amines) is 1. The predicted molar refractivity (Wildman–Crippen MR) is 116 cm³/mol. The number of anilines is 1. The van der Waals surface area contributed by atoms with Crippen molar-refractivity contribution in [3.63, 3.8) is 0 Å². The first kappa shape index (κ1) is 20.2. The van der Waals surface area contributed by atoms with Gasteiger partial charge in [0.05, 0.1) is 25.8 Å². The van der Waals surface area contributed by atoms with Gasteiger partial charge in [0.2, 0.25) is 0 Å². The minimum absolute atomic E-state index is 0.488. The van der Waals surface area contributed by atoms with E-state index in [1.165, 1.54) is 23.4 Å². The van der Waals surface area contributed by atoms with Crippen LogP contribution >= 0.6 is 0 Å². The number of aromatic nitrogens is 1. The lowest BCUT2D eigenvalue weighted by atomic mass is 10.0. The van der Waals surface area contributed by atoms with Gasteiger partial charge in [0.15, 0.2) is 11.5 Å². The molecule has 1 fully saturated rings. The Kier molecular flexibility index (Phi) is 6.40. The number of nitrogens with zero attached hydrogens (tertiary/aromatic N) is 2. The molecule has 158 valence electrons. The van der Waals surface area contributed by atoms with Gasteiger partial charge in [0.1, 0.15) is 0 Å². The number of hydrogen-bond acceptors (Lipinski definition) is 6. The van der Waals surface area contributed by atoms with E-state index in [0.717, 1.165) is 74.3 Å². The number of piperidine rings is 1. The molecule has 0 bridgehead atoms. The normalized spacial score (nSPS) is 17.5. The molecule has 1 saturated heterocycles. The van der Waals surface area contributed by atoms with E-state index in [-0.39, 0.29) is 0 Å². The van der Waals surface area contributed by atoms with E-state index >= 15 is 0 Å². The summed E-state index contributed by atoms with van der Waals surface area (Å²) in [5, 5.41) is 5.06. The van der Waals surface area contributed by atoms with E-state index in [1.54, 1.807) is 14.2 Å². The molecule has 2 heterocycles. The van der Waals surface area contributed by atoms with Gasteiger partial charge in [-0.1, -0.05) is 0 Å². The lowest BCUT2D eigenvalue weighted by molar-refractivity contribution is 0.132. The summed E-state index contributed by atoms with van der Waals surface area (Å²) in [6.07, 6.45) is 5.64. The van der Waals surface area contributed by atoms with Gasteiger partial charge < -0.3 is 24.4 Å². The summed E-state index contributed by atoms with van der Waals surface area (Å²) in [4.78, 5) is 7.47. The van der Waals surface area contributed by atoms with Gasteiger partial charge in [-0.05, 0) is 50.7 Å². The third-order valence-corrected chi connectivity index (χ3v) is 6.14. The topological polar surface area (TPSA) is 55.9 Å². The molecule has 6 heteroatoms. The van der Waals surface area contributed by atoms with Gasteiger partial charge >= 0.3 is 0 Å². The van der Waals surface area contributed by atoms with Crippen molar-refractivity contribution in [2.45, 2.75) is 45.1 Å². The van der Waals surface area contributed by atoms with Gasteiger partial charge in [-0.3, -0.25) is 4.98 Å². The molecule has 6 nitrogen and oxygen atoms in total. The van der Waals surface area contributed by atoms with Crippen molar-refractivity contribution in [3.05, 3.63) is 23.4 Å². The number of nitrogens with one attached hydrogen (secondary N) is 1. The highest BCUT2D eigenvalue weighted by molar-refractivity contribution is 5.96. The van der Waals surface area contributed by atoms with Crippen LogP contribution in [-0.2, 0) is 17.6 Å². The van der Waals surface area contributed by atoms with Crippen molar-refractivity contribution in [1.82, 2.24) is 9.88 Å². The second-order valence-electron chi connectivity index (χ2n) is 7.97. The predicted octanol–water partition coefficient (Wildman–Crippen LogP) is 3.65. The fraction of sp³-hybridized carbons (Fsp3) is 0.609. The number of benzene rings is 1. The fourth-order valence-corrected chi connectivity index (χ4v) is 4.59. The SMILES string of the molecule is CCOc1cc2nc3c(c(NC4CCN(CCOC)CC4)c2cc1OC)CCC3. The van der Waals surface area contributed by atoms with Crippen LogP contribution < -0.4 is 14.8 Å². The molecule has 1 aromatic carbocycles. The molecular formula is C23H33N3O3. The van der Waals surface area contributed by atoms with Crippen LogP contribution in [0.15, 0.2) is 12.1 Å². The number of ether oxygens (including phenoxy) is 3. The summed E-state index contributed by atoms with van der Waals surface area (Å²) >= 11 is 0. The number of methoxy groups -OCH3 is 2. The summed E-state index contributed by atoms with van der Waals surface area (Å²) in [6.45, 7) is 6.66. The van der Waals surface area contributed by atoms with Gasteiger partial charge in [-0.2, -0.15) is 0 Å². The fourth-order valence-electron chi connectivity index (χ4n) is 4.59. The first-order valence-electron chi connectivity index (χ1n) is 10.9. The summed E-state index contributed by atoms with van der Waals surface area (Å²) in [5.74, 6) is 1.54. The molecule has 1 aliphatic carbocycles. The molecule has 0 amide bonds. The Hall–Kier alpha value is -2.05. The molecule has 0 spiro atoms. The molecule has 0 atom stereocenters. The third-order valence-electron chi connectivity index (χ3n) is 6.14. The Morgan fingerprint density at radius 3 is 2.69 bits per heavy atom. The Morgan fingerprint density at radius 1 is 1.14 bits per heavy atom. The first-order valence-corrected chi connectivity index (χ1v) is 10.9. The Labute approximate surface area is 173 Å². The molecule has 4 rings (SSSR count). The van der Waals surface area contributed by atoms with Crippen molar-refractivity contribution in [2.75, 3.05) is 52.4 Å². The largest absolute Gasteiger partial charge is 0.493 e. The number of pyridine rings is 1. The maximum Gasteiger partial charge on any atom is 0.163 e. The molecule has 0 unspecified atom stereocenters. The highest BCUT2D eigenvalue weighted by Crippen LogP contribution is 2.40. The van der Waals surface area contributed by atoms with E-state index in [2.05, 4.69) is 16.3 Å². The van der Waals surface area contributed by atoms with Crippen LogP contribution in [0.25, 0.3) is 10.9 Å². The van der Waals surface area contributed by atoms with Crippen molar-refractivity contribution in [2.24, 2.45) is 0 Å². The molecule has 0 radical (unpaired) electrons. The van der Waals surface area contributed by atoms with E-state index in [1.807, 2.05) is 13.0 Å². The summed E-state index contributed by atoms with van der Waals surface area (Å²) in [5.41, 5.74) is 4.89. The smallest absolute Gasteiger partial charge is 0.163 e. The third kappa shape index (κ3) is 4.28. The molecule has 2 aliphatic rings. The monoisotopic (exact) mass is 399 g/mol. The molecule has 1 aliphatic heterocycles. The average Bonchev–Trinajstić information content (AvgIpc) is 3.21. The minimum Gasteiger partial charge on any atom is -0.493 e. The van der Waals surface area contributed by atoms with Crippen LogP contribution in [-0.4, -0.2) is 63.0 Å². The van der Waals surface area contributed by atoms with Gasteiger partial charge in [0.25, 0.3) is 0 Å². The zero-order valence-corrected chi connectivity index (χ0v) is 17.9. The molecule has 2 aromatic rings. The molecule has 29 heavy (non-hydrogen) atoms. The summed E-state index contributed by atoms with van der Waals surface area (Å²) < 4.78 is 16.6. The van der Waals surface area contributed by atoms with Gasteiger partial charge in [-0.25, -0.2) is 0 Å². The molecule has 0 saturated carbocycles. The average molecular weight is 400 g/mol. The Balaban J connectivity index is 1.63. The quantitative estimate of drug-likeness (QED) is 0.731. The first-order chi connectivity index (χ1) is 14.2. The van der Waals surface area contributed by atoms with E-state index in [0.29, 0.717) is 12.6 Å².